The molecule has 0 aromatic carbocycles. The number of rotatable bonds is 12. The Kier molecular flexibility index (Phi) is 11.6. The van der Waals surface area contributed by atoms with Crippen LogP contribution in [0.25, 0.3) is 0 Å². The highest BCUT2D eigenvalue weighted by atomic mass is 28.2. The summed E-state index contributed by atoms with van der Waals surface area (Å²) in [6.45, 7) is 8.60. The van der Waals surface area contributed by atoms with E-state index < -0.39 is 11.9 Å². The maximum Gasteiger partial charge on any atom is 0.316 e. The van der Waals surface area contributed by atoms with E-state index in [0.717, 1.165) is 12.5 Å². The van der Waals surface area contributed by atoms with Crippen molar-refractivity contribution >= 4 is 21.3 Å². The van der Waals surface area contributed by atoms with Crippen LogP contribution in [0.15, 0.2) is 0 Å². The van der Waals surface area contributed by atoms with Crippen LogP contribution < -0.4 is 0 Å². The molecule has 0 aliphatic carbocycles. The first-order valence-corrected chi connectivity index (χ1v) is 8.48. The third kappa shape index (κ3) is 8.45. The molecule has 0 bridgehead atoms. The van der Waals surface area contributed by atoms with Crippen LogP contribution in [0.4, 0.5) is 0 Å². The molecule has 0 saturated heterocycles. The summed E-state index contributed by atoms with van der Waals surface area (Å²) in [6.07, 6.45) is 1.32. The second-order valence-electron chi connectivity index (χ2n) is 4.25. The number of ether oxygens (including phenoxy) is 3. The molecule has 0 saturated carbocycles. The van der Waals surface area contributed by atoms with Gasteiger partial charge in [-0.05, 0) is 34.1 Å². The Morgan fingerprint density at radius 3 is 2.10 bits per heavy atom. The predicted octanol–water partition coefficient (Wildman–Crippen LogP) is 2.01. The van der Waals surface area contributed by atoms with Crippen molar-refractivity contribution in [3.63, 3.8) is 0 Å². The van der Waals surface area contributed by atoms with Crippen LogP contribution in [0.3, 0.4) is 0 Å². The van der Waals surface area contributed by atoms with Gasteiger partial charge in [0.25, 0.3) is 0 Å². The zero-order valence-corrected chi connectivity index (χ0v) is 13.9. The van der Waals surface area contributed by atoms with Crippen molar-refractivity contribution in [2.45, 2.75) is 52.5 Å². The van der Waals surface area contributed by atoms with Gasteiger partial charge < -0.3 is 14.2 Å². The Morgan fingerprint density at radius 1 is 1.05 bits per heavy atom. The molecule has 0 aliphatic rings. The second-order valence-corrected chi connectivity index (χ2v) is 5.63. The number of esters is 1. The topological polar surface area (TPSA) is 61.8 Å². The van der Waals surface area contributed by atoms with Crippen LogP contribution in [-0.2, 0) is 23.8 Å². The SMILES string of the molecule is CCOC(=O)C(CCC[Si]C(OCC)OCC)C(C)=O. The number of Topliss-reactive ketones (excluding diaryl/α,β-unsaturated/α-hetero) is 1. The first kappa shape index (κ1) is 19.3. The van der Waals surface area contributed by atoms with Gasteiger partial charge >= 0.3 is 5.97 Å². The smallest absolute Gasteiger partial charge is 0.316 e. The van der Waals surface area contributed by atoms with Gasteiger partial charge in [-0.1, -0.05) is 12.5 Å². The van der Waals surface area contributed by atoms with Crippen molar-refractivity contribution in [2.24, 2.45) is 5.92 Å². The average molecular weight is 302 g/mol. The maximum absolute atomic E-state index is 11.6. The Balaban J connectivity index is 4.04. The molecule has 1 atom stereocenters. The minimum Gasteiger partial charge on any atom is -0.465 e. The Morgan fingerprint density at radius 2 is 1.65 bits per heavy atom. The first-order valence-electron chi connectivity index (χ1n) is 7.20. The number of hydrogen-bond donors (Lipinski definition) is 0. The fraction of sp³-hybridized carbons (Fsp3) is 0.857. The molecule has 0 fully saturated rings. The molecule has 20 heavy (non-hydrogen) atoms. The van der Waals surface area contributed by atoms with Gasteiger partial charge in [0.05, 0.1) is 6.61 Å². The highest BCUT2D eigenvalue weighted by Gasteiger charge is 2.24. The fourth-order valence-corrected chi connectivity index (χ4v) is 2.94. The lowest BCUT2D eigenvalue weighted by molar-refractivity contribution is -0.151. The zero-order chi connectivity index (χ0) is 15.4. The van der Waals surface area contributed by atoms with Crippen LogP contribution >= 0.6 is 0 Å². The van der Waals surface area contributed by atoms with E-state index in [2.05, 4.69) is 0 Å². The van der Waals surface area contributed by atoms with Crippen molar-refractivity contribution in [1.29, 1.82) is 0 Å². The molecule has 6 heteroatoms. The van der Waals surface area contributed by atoms with E-state index in [1.54, 1.807) is 6.92 Å². The normalized spacial score (nSPS) is 12.4. The number of carbonyl (C=O) groups is 2. The van der Waals surface area contributed by atoms with Crippen molar-refractivity contribution in [3.8, 4) is 0 Å². The summed E-state index contributed by atoms with van der Waals surface area (Å²) >= 11 is 0. The molecule has 116 valence electrons. The molecule has 0 amide bonds. The molecule has 0 N–H and O–H groups in total. The summed E-state index contributed by atoms with van der Waals surface area (Å²) in [7, 11) is 0.517. The molecular formula is C14H26O5Si. The van der Waals surface area contributed by atoms with Gasteiger partial charge in [-0.25, -0.2) is 0 Å². The average Bonchev–Trinajstić information content (AvgIpc) is 2.38. The molecule has 1 unspecified atom stereocenters. The zero-order valence-electron chi connectivity index (χ0n) is 12.9. The molecule has 0 spiro atoms. The summed E-state index contributed by atoms with van der Waals surface area (Å²) in [6, 6.07) is 0.883. The van der Waals surface area contributed by atoms with Crippen molar-refractivity contribution in [2.75, 3.05) is 19.8 Å². The Hall–Kier alpha value is -0.723. The van der Waals surface area contributed by atoms with Gasteiger partial charge in [0, 0.05) is 13.2 Å². The van der Waals surface area contributed by atoms with Gasteiger partial charge in [-0.15, -0.1) is 0 Å². The van der Waals surface area contributed by atoms with Gasteiger partial charge in [0.1, 0.15) is 27.1 Å². The van der Waals surface area contributed by atoms with Gasteiger partial charge in [0.2, 0.25) is 0 Å². The summed E-state index contributed by atoms with van der Waals surface area (Å²) < 4.78 is 15.8. The van der Waals surface area contributed by atoms with E-state index in [-0.39, 0.29) is 11.7 Å². The molecule has 0 aromatic rings. The quantitative estimate of drug-likeness (QED) is 0.181. The summed E-state index contributed by atoms with van der Waals surface area (Å²) in [4.78, 5) is 23.1. The van der Waals surface area contributed by atoms with Crippen LogP contribution in [0, 0.1) is 5.92 Å². The standard InChI is InChI=1S/C14H26O5Si/c1-5-17-13(16)12(11(4)15)9-8-10-20-14(18-6-2)19-7-3/h12,14H,5-10H2,1-4H3. The minimum absolute atomic E-state index is 0.127. The van der Waals surface area contributed by atoms with Crippen molar-refractivity contribution < 1.29 is 23.8 Å². The largest absolute Gasteiger partial charge is 0.465 e. The van der Waals surface area contributed by atoms with Gasteiger partial charge in [-0.2, -0.15) is 0 Å². The fourth-order valence-electron chi connectivity index (χ4n) is 1.72. The number of carbonyl (C=O) groups excluding carboxylic acids is 2. The lowest BCUT2D eigenvalue weighted by Gasteiger charge is -2.16. The predicted molar refractivity (Wildman–Crippen MR) is 77.6 cm³/mol. The number of hydrogen-bond acceptors (Lipinski definition) is 5. The molecular weight excluding hydrogens is 276 g/mol. The van der Waals surface area contributed by atoms with E-state index >= 15 is 0 Å². The lowest BCUT2D eigenvalue weighted by Crippen LogP contribution is -2.26. The third-order valence-electron chi connectivity index (χ3n) is 2.68. The summed E-state index contributed by atoms with van der Waals surface area (Å²) in [5, 5.41) is 0. The van der Waals surface area contributed by atoms with E-state index in [9.17, 15) is 9.59 Å². The third-order valence-corrected chi connectivity index (χ3v) is 3.99. The van der Waals surface area contributed by atoms with Crippen molar-refractivity contribution in [1.82, 2.24) is 0 Å². The first-order chi connectivity index (χ1) is 9.56. The monoisotopic (exact) mass is 302 g/mol. The second kappa shape index (κ2) is 12.1. The number of ketones is 1. The lowest BCUT2D eigenvalue weighted by atomic mass is 10.00. The Bertz CT molecular complexity index is 277. The van der Waals surface area contributed by atoms with E-state index in [0.29, 0.717) is 35.8 Å². The van der Waals surface area contributed by atoms with Crippen LogP contribution in [0.2, 0.25) is 6.04 Å². The summed E-state index contributed by atoms with van der Waals surface area (Å²) in [5.74, 6) is -1.33. The van der Waals surface area contributed by atoms with Crippen LogP contribution in [0.5, 0.6) is 0 Å². The highest BCUT2D eigenvalue weighted by Crippen LogP contribution is 2.13. The van der Waals surface area contributed by atoms with E-state index in [1.807, 2.05) is 13.8 Å². The summed E-state index contributed by atoms with van der Waals surface area (Å²) in [5.41, 5.74) is 0. The molecule has 0 rings (SSSR count). The van der Waals surface area contributed by atoms with E-state index in [1.165, 1.54) is 6.92 Å². The minimum atomic E-state index is -0.627. The van der Waals surface area contributed by atoms with Gasteiger partial charge in [-0.3, -0.25) is 9.59 Å². The maximum atomic E-state index is 11.6. The Labute approximate surface area is 124 Å². The molecule has 2 radical (unpaired) electrons. The molecule has 0 aromatic heterocycles. The van der Waals surface area contributed by atoms with Crippen molar-refractivity contribution in [3.05, 3.63) is 0 Å². The van der Waals surface area contributed by atoms with E-state index in [4.69, 9.17) is 14.2 Å². The van der Waals surface area contributed by atoms with Gasteiger partial charge in [0.15, 0.2) is 0 Å². The highest BCUT2D eigenvalue weighted by molar-refractivity contribution is 6.36. The molecule has 5 nitrogen and oxygen atoms in total. The molecule has 0 aliphatic heterocycles. The van der Waals surface area contributed by atoms with Crippen LogP contribution in [0.1, 0.15) is 40.5 Å². The molecule has 0 heterocycles. The van der Waals surface area contributed by atoms with Crippen LogP contribution in [-0.4, -0.2) is 47.0 Å².